The fourth-order valence-corrected chi connectivity index (χ4v) is 2.23. The molecule has 0 aliphatic heterocycles. The molecule has 2 aromatic rings. The molecule has 0 aliphatic rings. The Kier molecular flexibility index (Phi) is 4.59. The van der Waals surface area contributed by atoms with Crippen LogP contribution < -0.4 is 5.32 Å². The van der Waals surface area contributed by atoms with Crippen LogP contribution in [0.5, 0.6) is 0 Å². The minimum absolute atomic E-state index is 0.0684. The Labute approximate surface area is 127 Å². The number of carboxylic acid groups (broad SMARTS) is 1. The van der Waals surface area contributed by atoms with Gasteiger partial charge in [0.05, 0.1) is 5.69 Å². The van der Waals surface area contributed by atoms with Gasteiger partial charge in [0.2, 0.25) is 0 Å². The van der Waals surface area contributed by atoms with Crippen molar-refractivity contribution in [3.63, 3.8) is 0 Å². The highest BCUT2D eigenvalue weighted by Gasteiger charge is 2.20. The van der Waals surface area contributed by atoms with E-state index in [-0.39, 0.29) is 11.3 Å². The maximum absolute atomic E-state index is 12.0. The summed E-state index contributed by atoms with van der Waals surface area (Å²) in [7, 11) is 1.58. The van der Waals surface area contributed by atoms with Gasteiger partial charge in [-0.1, -0.05) is 0 Å². The Balaban J connectivity index is 1.88. The number of aromatic carboxylic acids is 1. The molecule has 2 rings (SSSR count). The fraction of sp³-hybridized carbons (Fsp3) is 0.429. The average molecular weight is 305 g/mol. The molecule has 22 heavy (non-hydrogen) atoms. The molecule has 2 N–H and O–H groups in total. The van der Waals surface area contributed by atoms with Crippen molar-refractivity contribution in [1.29, 1.82) is 0 Å². The number of amides is 1. The summed E-state index contributed by atoms with van der Waals surface area (Å²) < 4.78 is 3.19. The number of carbonyl (C=O) groups is 2. The second-order valence-electron chi connectivity index (χ2n) is 5.13. The van der Waals surface area contributed by atoms with E-state index < -0.39 is 11.9 Å². The molecule has 1 amide bonds. The monoisotopic (exact) mass is 305 g/mol. The van der Waals surface area contributed by atoms with E-state index >= 15 is 0 Å². The topological polar surface area (TPSA) is 102 Å². The van der Waals surface area contributed by atoms with E-state index in [0.717, 1.165) is 11.4 Å². The van der Waals surface area contributed by atoms with Crippen LogP contribution in [-0.4, -0.2) is 43.1 Å². The first-order chi connectivity index (χ1) is 10.4. The van der Waals surface area contributed by atoms with Gasteiger partial charge in [0.1, 0.15) is 5.56 Å². The lowest BCUT2D eigenvalue weighted by atomic mass is 10.2. The SMILES string of the molecule is Cc1cc(C)n(CCCNC(=O)c2nn(C)cc2C(=O)O)n1. The third-order valence-corrected chi connectivity index (χ3v) is 3.21. The van der Waals surface area contributed by atoms with Crippen molar-refractivity contribution in [2.45, 2.75) is 26.8 Å². The standard InChI is InChI=1S/C14H19N5O3/c1-9-7-10(2)19(16-9)6-4-5-15-13(20)12-11(14(21)22)8-18(3)17-12/h7-8H,4-6H2,1-3H3,(H,15,20)(H,21,22). The van der Waals surface area contributed by atoms with Crippen LogP contribution in [0.25, 0.3) is 0 Å². The molecule has 8 heteroatoms. The Hall–Kier alpha value is -2.64. The second kappa shape index (κ2) is 6.42. The summed E-state index contributed by atoms with van der Waals surface area (Å²) in [4.78, 5) is 23.0. The first kappa shape index (κ1) is 15.7. The Bertz CT molecular complexity index is 701. The van der Waals surface area contributed by atoms with Gasteiger partial charge in [-0.05, 0) is 26.3 Å². The van der Waals surface area contributed by atoms with Gasteiger partial charge in [0.15, 0.2) is 5.69 Å². The van der Waals surface area contributed by atoms with Crippen LogP contribution in [0.3, 0.4) is 0 Å². The van der Waals surface area contributed by atoms with Crippen LogP contribution in [0.4, 0.5) is 0 Å². The van der Waals surface area contributed by atoms with Crippen LogP contribution in [0, 0.1) is 13.8 Å². The maximum atomic E-state index is 12.0. The Morgan fingerprint density at radius 3 is 2.64 bits per heavy atom. The first-order valence-corrected chi connectivity index (χ1v) is 6.94. The lowest BCUT2D eigenvalue weighted by Gasteiger charge is -2.06. The van der Waals surface area contributed by atoms with Gasteiger partial charge in [0.25, 0.3) is 5.91 Å². The number of nitrogens with one attached hydrogen (secondary N) is 1. The molecule has 0 aliphatic carbocycles. The van der Waals surface area contributed by atoms with Crippen molar-refractivity contribution in [3.05, 3.63) is 34.9 Å². The van der Waals surface area contributed by atoms with Crippen molar-refractivity contribution in [2.75, 3.05) is 6.54 Å². The predicted octanol–water partition coefficient (Wildman–Crippen LogP) is 0.752. The number of nitrogens with zero attached hydrogens (tertiary/aromatic N) is 4. The molecule has 0 aromatic carbocycles. The van der Waals surface area contributed by atoms with Crippen molar-refractivity contribution >= 4 is 11.9 Å². The molecule has 0 atom stereocenters. The zero-order valence-electron chi connectivity index (χ0n) is 12.8. The van der Waals surface area contributed by atoms with Gasteiger partial charge < -0.3 is 10.4 Å². The third-order valence-electron chi connectivity index (χ3n) is 3.21. The van der Waals surface area contributed by atoms with E-state index in [0.29, 0.717) is 19.5 Å². The molecule has 2 aromatic heterocycles. The fourth-order valence-electron chi connectivity index (χ4n) is 2.23. The molecule has 118 valence electrons. The zero-order valence-corrected chi connectivity index (χ0v) is 12.8. The van der Waals surface area contributed by atoms with Crippen molar-refractivity contribution in [1.82, 2.24) is 24.9 Å². The number of rotatable bonds is 6. The summed E-state index contributed by atoms with van der Waals surface area (Å²) in [6, 6.07) is 1.99. The van der Waals surface area contributed by atoms with E-state index in [1.54, 1.807) is 7.05 Å². The van der Waals surface area contributed by atoms with E-state index in [4.69, 9.17) is 5.11 Å². The lowest BCUT2D eigenvalue weighted by molar-refractivity contribution is 0.0691. The average Bonchev–Trinajstić information content (AvgIpc) is 2.97. The summed E-state index contributed by atoms with van der Waals surface area (Å²) in [5, 5.41) is 19.9. The van der Waals surface area contributed by atoms with Crippen LogP contribution in [-0.2, 0) is 13.6 Å². The first-order valence-electron chi connectivity index (χ1n) is 6.94. The quantitative estimate of drug-likeness (QED) is 0.767. The van der Waals surface area contributed by atoms with Crippen LogP contribution in [0.15, 0.2) is 12.3 Å². The molecule has 0 unspecified atom stereocenters. The number of hydrogen-bond acceptors (Lipinski definition) is 4. The summed E-state index contributed by atoms with van der Waals surface area (Å²) in [6.45, 7) is 5.02. The van der Waals surface area contributed by atoms with Gasteiger partial charge in [-0.2, -0.15) is 10.2 Å². The Morgan fingerprint density at radius 2 is 2.05 bits per heavy atom. The highest BCUT2D eigenvalue weighted by molar-refractivity contribution is 6.03. The second-order valence-corrected chi connectivity index (χ2v) is 5.13. The molecule has 0 fully saturated rings. The van der Waals surface area contributed by atoms with Crippen LogP contribution >= 0.6 is 0 Å². The Morgan fingerprint density at radius 1 is 1.32 bits per heavy atom. The summed E-state index contributed by atoms with van der Waals surface area (Å²) in [5.41, 5.74) is 1.86. The minimum atomic E-state index is -1.17. The predicted molar refractivity (Wildman–Crippen MR) is 78.8 cm³/mol. The number of hydrogen-bond donors (Lipinski definition) is 2. The molecule has 0 bridgehead atoms. The number of aryl methyl sites for hydroxylation is 4. The van der Waals surface area contributed by atoms with Crippen molar-refractivity contribution in [2.24, 2.45) is 7.05 Å². The lowest BCUT2D eigenvalue weighted by Crippen LogP contribution is -2.27. The highest BCUT2D eigenvalue weighted by Crippen LogP contribution is 2.06. The van der Waals surface area contributed by atoms with Crippen molar-refractivity contribution in [3.8, 4) is 0 Å². The number of aromatic nitrogens is 4. The molecular formula is C14H19N5O3. The normalized spacial score (nSPS) is 10.7. The maximum Gasteiger partial charge on any atom is 0.339 e. The number of carboxylic acids is 1. The molecule has 0 saturated carbocycles. The molecule has 0 saturated heterocycles. The minimum Gasteiger partial charge on any atom is -0.478 e. The van der Waals surface area contributed by atoms with Crippen LogP contribution in [0.1, 0.15) is 38.7 Å². The van der Waals surface area contributed by atoms with Gasteiger partial charge >= 0.3 is 5.97 Å². The van der Waals surface area contributed by atoms with Crippen molar-refractivity contribution < 1.29 is 14.7 Å². The van der Waals surface area contributed by atoms with E-state index in [1.165, 1.54) is 10.9 Å². The molecule has 0 spiro atoms. The van der Waals surface area contributed by atoms with Gasteiger partial charge in [-0.3, -0.25) is 14.2 Å². The third kappa shape index (κ3) is 3.51. The number of carbonyl (C=O) groups excluding carboxylic acids is 1. The van der Waals surface area contributed by atoms with Gasteiger partial charge in [-0.25, -0.2) is 4.79 Å². The van der Waals surface area contributed by atoms with E-state index in [2.05, 4.69) is 15.5 Å². The van der Waals surface area contributed by atoms with Gasteiger partial charge in [-0.15, -0.1) is 0 Å². The van der Waals surface area contributed by atoms with E-state index in [9.17, 15) is 9.59 Å². The molecule has 0 radical (unpaired) electrons. The van der Waals surface area contributed by atoms with E-state index in [1.807, 2.05) is 24.6 Å². The molecule has 8 nitrogen and oxygen atoms in total. The largest absolute Gasteiger partial charge is 0.478 e. The molecular weight excluding hydrogens is 286 g/mol. The smallest absolute Gasteiger partial charge is 0.339 e. The summed E-state index contributed by atoms with van der Waals surface area (Å²) in [6.07, 6.45) is 2.01. The summed E-state index contributed by atoms with van der Waals surface area (Å²) in [5.74, 6) is -1.65. The zero-order chi connectivity index (χ0) is 16.3. The summed E-state index contributed by atoms with van der Waals surface area (Å²) >= 11 is 0. The van der Waals surface area contributed by atoms with Gasteiger partial charge in [0, 0.05) is 32.0 Å². The van der Waals surface area contributed by atoms with Crippen LogP contribution in [0.2, 0.25) is 0 Å². The molecule has 2 heterocycles. The highest BCUT2D eigenvalue weighted by atomic mass is 16.4.